The molecule has 0 saturated heterocycles. The lowest BCUT2D eigenvalue weighted by atomic mass is 10.1. The number of aryl methyl sites for hydroxylation is 2. The molecule has 1 aromatic heterocycles. The molecular formula is C14H14BrNO3. The van der Waals surface area contributed by atoms with Crippen molar-refractivity contribution in [2.75, 3.05) is 0 Å². The molecular weight excluding hydrogens is 310 g/mol. The van der Waals surface area contributed by atoms with Crippen LogP contribution in [0.25, 0.3) is 0 Å². The van der Waals surface area contributed by atoms with Crippen molar-refractivity contribution in [3.8, 4) is 5.75 Å². The first-order valence-corrected chi connectivity index (χ1v) is 6.63. The van der Waals surface area contributed by atoms with Crippen LogP contribution in [-0.4, -0.2) is 10.9 Å². The van der Waals surface area contributed by atoms with Crippen molar-refractivity contribution in [2.24, 2.45) is 0 Å². The third kappa shape index (κ3) is 3.04. The molecule has 0 aliphatic carbocycles. The van der Waals surface area contributed by atoms with Gasteiger partial charge in [-0.3, -0.25) is 4.79 Å². The second kappa shape index (κ2) is 5.57. The van der Waals surface area contributed by atoms with E-state index in [4.69, 9.17) is 9.26 Å². The maximum absolute atomic E-state index is 11.5. The smallest absolute Gasteiger partial charge is 0.163 e. The predicted octanol–water partition coefficient (Wildman–Crippen LogP) is 3.84. The van der Waals surface area contributed by atoms with E-state index in [1.807, 2.05) is 19.9 Å². The van der Waals surface area contributed by atoms with Crippen molar-refractivity contribution in [1.29, 1.82) is 0 Å². The van der Waals surface area contributed by atoms with Crippen LogP contribution >= 0.6 is 15.9 Å². The first kappa shape index (κ1) is 13.8. The quantitative estimate of drug-likeness (QED) is 0.802. The molecule has 2 aromatic rings. The van der Waals surface area contributed by atoms with Gasteiger partial charge < -0.3 is 9.26 Å². The Morgan fingerprint density at radius 1 is 1.42 bits per heavy atom. The Morgan fingerprint density at radius 3 is 2.74 bits per heavy atom. The highest BCUT2D eigenvalue weighted by atomic mass is 79.9. The summed E-state index contributed by atoms with van der Waals surface area (Å²) in [5.74, 6) is 1.26. The number of halogens is 1. The number of nitrogens with zero attached hydrogens (tertiary/aromatic N) is 1. The zero-order valence-corrected chi connectivity index (χ0v) is 12.6. The second-order valence-corrected chi connectivity index (χ2v) is 5.20. The van der Waals surface area contributed by atoms with Crippen LogP contribution in [0.1, 0.15) is 34.3 Å². The molecule has 0 N–H and O–H groups in total. The topological polar surface area (TPSA) is 52.3 Å². The van der Waals surface area contributed by atoms with Crippen LogP contribution in [-0.2, 0) is 6.61 Å². The van der Waals surface area contributed by atoms with Crippen molar-refractivity contribution >= 4 is 21.7 Å². The van der Waals surface area contributed by atoms with Gasteiger partial charge in [0, 0.05) is 4.47 Å². The Bertz CT molecular complexity index is 600. The lowest BCUT2D eigenvalue weighted by molar-refractivity contribution is 0.101. The highest BCUT2D eigenvalue weighted by Crippen LogP contribution is 2.26. The van der Waals surface area contributed by atoms with Gasteiger partial charge in [-0.25, -0.2) is 0 Å². The molecule has 0 bridgehead atoms. The number of Topliss-reactive ketones (excluding diaryl/α,β-unsaturated/α-hetero) is 1. The van der Waals surface area contributed by atoms with E-state index in [-0.39, 0.29) is 5.78 Å². The van der Waals surface area contributed by atoms with Crippen molar-refractivity contribution in [1.82, 2.24) is 5.16 Å². The molecule has 4 nitrogen and oxygen atoms in total. The molecule has 19 heavy (non-hydrogen) atoms. The summed E-state index contributed by atoms with van der Waals surface area (Å²) in [7, 11) is 0. The second-order valence-electron chi connectivity index (χ2n) is 4.29. The fraction of sp³-hybridized carbons (Fsp3) is 0.286. The van der Waals surface area contributed by atoms with Crippen LogP contribution in [0.2, 0.25) is 0 Å². The van der Waals surface area contributed by atoms with Gasteiger partial charge in [0.05, 0.1) is 16.8 Å². The molecule has 0 aliphatic heterocycles. The van der Waals surface area contributed by atoms with Crippen LogP contribution in [0.5, 0.6) is 5.75 Å². The van der Waals surface area contributed by atoms with Crippen molar-refractivity contribution < 1.29 is 14.1 Å². The fourth-order valence-corrected chi connectivity index (χ4v) is 2.10. The van der Waals surface area contributed by atoms with Gasteiger partial charge in [0.25, 0.3) is 0 Å². The van der Waals surface area contributed by atoms with E-state index in [1.54, 1.807) is 12.1 Å². The van der Waals surface area contributed by atoms with Gasteiger partial charge in [0.2, 0.25) is 0 Å². The molecule has 0 saturated carbocycles. The number of hydrogen-bond acceptors (Lipinski definition) is 4. The largest absolute Gasteiger partial charge is 0.488 e. The van der Waals surface area contributed by atoms with Gasteiger partial charge >= 0.3 is 0 Å². The number of benzene rings is 1. The van der Waals surface area contributed by atoms with E-state index in [9.17, 15) is 4.79 Å². The number of hydrogen-bond donors (Lipinski definition) is 0. The lowest BCUT2D eigenvalue weighted by Crippen LogP contribution is -2.03. The van der Waals surface area contributed by atoms with Crippen LogP contribution < -0.4 is 4.74 Å². The van der Waals surface area contributed by atoms with Gasteiger partial charge in [-0.1, -0.05) is 21.1 Å². The van der Waals surface area contributed by atoms with Gasteiger partial charge in [-0.15, -0.1) is 0 Å². The normalized spacial score (nSPS) is 10.5. The number of carbonyl (C=O) groups excluding carboxylic acids is 1. The summed E-state index contributed by atoms with van der Waals surface area (Å²) in [6.45, 7) is 5.55. The summed E-state index contributed by atoms with van der Waals surface area (Å²) in [5, 5.41) is 3.87. The first-order valence-electron chi connectivity index (χ1n) is 5.84. The summed E-state index contributed by atoms with van der Waals surface area (Å²) < 4.78 is 11.7. The molecule has 1 aromatic carbocycles. The number of carbonyl (C=O) groups is 1. The molecule has 0 unspecified atom stereocenters. The average molecular weight is 324 g/mol. The minimum absolute atomic E-state index is 0.0266. The lowest BCUT2D eigenvalue weighted by Gasteiger charge is -2.10. The molecule has 0 atom stereocenters. The standard InChI is InChI=1S/C14H14BrNO3/c1-8-13(10(3)19-16-8)7-18-14-6-11(15)4-5-12(14)9(2)17/h4-6H,7H2,1-3H3. The highest BCUT2D eigenvalue weighted by molar-refractivity contribution is 9.10. The summed E-state index contributed by atoms with van der Waals surface area (Å²) in [6, 6.07) is 5.35. The summed E-state index contributed by atoms with van der Waals surface area (Å²) in [4.78, 5) is 11.5. The number of ether oxygens (including phenoxy) is 1. The minimum Gasteiger partial charge on any atom is -0.488 e. The summed E-state index contributed by atoms with van der Waals surface area (Å²) >= 11 is 3.37. The van der Waals surface area contributed by atoms with E-state index >= 15 is 0 Å². The number of ketones is 1. The van der Waals surface area contributed by atoms with Crippen LogP contribution in [0, 0.1) is 13.8 Å². The van der Waals surface area contributed by atoms with Crippen LogP contribution in [0.4, 0.5) is 0 Å². The third-order valence-corrected chi connectivity index (χ3v) is 3.37. The minimum atomic E-state index is -0.0266. The summed E-state index contributed by atoms with van der Waals surface area (Å²) in [5.41, 5.74) is 2.28. The van der Waals surface area contributed by atoms with E-state index in [0.29, 0.717) is 17.9 Å². The third-order valence-electron chi connectivity index (χ3n) is 2.88. The van der Waals surface area contributed by atoms with Crippen molar-refractivity contribution in [2.45, 2.75) is 27.4 Å². The van der Waals surface area contributed by atoms with Gasteiger partial charge in [0.1, 0.15) is 18.1 Å². The Kier molecular flexibility index (Phi) is 4.04. The number of aromatic nitrogens is 1. The van der Waals surface area contributed by atoms with E-state index < -0.39 is 0 Å². The molecule has 2 rings (SSSR count). The zero-order valence-electron chi connectivity index (χ0n) is 11.0. The molecule has 0 amide bonds. The van der Waals surface area contributed by atoms with E-state index in [1.165, 1.54) is 6.92 Å². The fourth-order valence-electron chi connectivity index (χ4n) is 1.76. The van der Waals surface area contributed by atoms with Crippen molar-refractivity contribution in [3.63, 3.8) is 0 Å². The summed E-state index contributed by atoms with van der Waals surface area (Å²) in [6.07, 6.45) is 0. The van der Waals surface area contributed by atoms with Gasteiger partial charge in [-0.05, 0) is 39.0 Å². The molecule has 5 heteroatoms. The molecule has 0 fully saturated rings. The Morgan fingerprint density at radius 2 is 2.16 bits per heavy atom. The maximum Gasteiger partial charge on any atom is 0.163 e. The zero-order chi connectivity index (χ0) is 14.0. The highest BCUT2D eigenvalue weighted by Gasteiger charge is 2.13. The molecule has 0 radical (unpaired) electrons. The Hall–Kier alpha value is -1.62. The Labute approximate surface area is 119 Å². The van der Waals surface area contributed by atoms with Gasteiger partial charge in [0.15, 0.2) is 5.78 Å². The average Bonchev–Trinajstić information content (AvgIpc) is 2.66. The van der Waals surface area contributed by atoms with Crippen molar-refractivity contribution in [3.05, 3.63) is 45.3 Å². The first-order chi connectivity index (χ1) is 8.99. The van der Waals surface area contributed by atoms with E-state index in [0.717, 1.165) is 21.5 Å². The molecule has 100 valence electrons. The van der Waals surface area contributed by atoms with Crippen LogP contribution in [0.3, 0.4) is 0 Å². The molecule has 0 aliphatic rings. The predicted molar refractivity (Wildman–Crippen MR) is 74.5 cm³/mol. The molecule has 0 spiro atoms. The molecule has 1 heterocycles. The van der Waals surface area contributed by atoms with Gasteiger partial charge in [-0.2, -0.15) is 0 Å². The maximum atomic E-state index is 11.5. The Balaban J connectivity index is 2.24. The monoisotopic (exact) mass is 323 g/mol. The van der Waals surface area contributed by atoms with Crippen LogP contribution in [0.15, 0.2) is 27.2 Å². The van der Waals surface area contributed by atoms with E-state index in [2.05, 4.69) is 21.1 Å². The number of rotatable bonds is 4. The SMILES string of the molecule is CC(=O)c1ccc(Br)cc1OCc1c(C)noc1C.